The third-order valence-corrected chi connectivity index (χ3v) is 8.23. The highest BCUT2D eigenvalue weighted by Crippen LogP contribution is 2.32. The van der Waals surface area contributed by atoms with Crippen molar-refractivity contribution in [2.24, 2.45) is 5.73 Å². The molecule has 3 aliphatic rings. The Morgan fingerprint density at radius 3 is 2.52 bits per heavy atom. The van der Waals surface area contributed by atoms with Crippen molar-refractivity contribution < 1.29 is 13.2 Å². The zero-order chi connectivity index (χ0) is 19.0. The van der Waals surface area contributed by atoms with Gasteiger partial charge in [0.05, 0.1) is 10.9 Å². The van der Waals surface area contributed by atoms with E-state index in [4.69, 9.17) is 5.73 Å². The third kappa shape index (κ3) is 3.56. The Kier molecular flexibility index (Phi) is 5.09. The van der Waals surface area contributed by atoms with Crippen LogP contribution in [0.15, 0.2) is 29.2 Å². The van der Waals surface area contributed by atoms with Crippen molar-refractivity contribution in [2.45, 2.75) is 50.6 Å². The number of carbonyl (C=O) groups excluding carboxylic acids is 1. The van der Waals surface area contributed by atoms with Crippen molar-refractivity contribution in [2.75, 3.05) is 19.6 Å². The van der Waals surface area contributed by atoms with Crippen LogP contribution in [-0.2, 0) is 21.2 Å². The predicted octanol–water partition coefficient (Wildman–Crippen LogP) is 1.72. The summed E-state index contributed by atoms with van der Waals surface area (Å²) in [5.41, 5.74) is 7.76. The topological polar surface area (TPSA) is 83.7 Å². The lowest BCUT2D eigenvalue weighted by molar-refractivity contribution is -0.123. The molecular weight excluding hydrogens is 362 g/mol. The number of hydrogen-bond donors (Lipinski definition) is 1. The number of piperidine rings is 1. The summed E-state index contributed by atoms with van der Waals surface area (Å²) in [4.78, 5) is 14.4. The van der Waals surface area contributed by atoms with Crippen LogP contribution < -0.4 is 5.73 Å². The van der Waals surface area contributed by atoms with E-state index in [1.807, 2.05) is 24.3 Å². The van der Waals surface area contributed by atoms with Crippen molar-refractivity contribution in [3.63, 3.8) is 0 Å². The van der Waals surface area contributed by atoms with Gasteiger partial charge in [-0.2, -0.15) is 4.31 Å². The van der Waals surface area contributed by atoms with Crippen LogP contribution in [0, 0.1) is 0 Å². The van der Waals surface area contributed by atoms with Crippen molar-refractivity contribution in [1.82, 2.24) is 9.21 Å². The molecule has 0 saturated carbocycles. The highest BCUT2D eigenvalue weighted by Gasteiger charge is 2.38. The SMILES string of the molecule is NC(=O)C1CCCN1C1CCN(S(=O)(=O)C2=Cc3ccccc3CC2)CC1. The van der Waals surface area contributed by atoms with Gasteiger partial charge >= 0.3 is 0 Å². The summed E-state index contributed by atoms with van der Waals surface area (Å²) in [7, 11) is -3.42. The van der Waals surface area contributed by atoms with E-state index in [9.17, 15) is 13.2 Å². The van der Waals surface area contributed by atoms with Crippen molar-refractivity contribution in [3.05, 3.63) is 40.3 Å². The molecule has 0 radical (unpaired) electrons. The summed E-state index contributed by atoms with van der Waals surface area (Å²) >= 11 is 0. The molecule has 2 saturated heterocycles. The molecule has 2 heterocycles. The van der Waals surface area contributed by atoms with Gasteiger partial charge in [-0.25, -0.2) is 8.42 Å². The Morgan fingerprint density at radius 2 is 1.78 bits per heavy atom. The van der Waals surface area contributed by atoms with Crippen LogP contribution in [0.2, 0.25) is 0 Å². The number of nitrogens with zero attached hydrogens (tertiary/aromatic N) is 2. The maximum atomic E-state index is 13.1. The van der Waals surface area contributed by atoms with E-state index in [1.165, 1.54) is 5.56 Å². The van der Waals surface area contributed by atoms with Crippen LogP contribution in [0.4, 0.5) is 0 Å². The monoisotopic (exact) mass is 389 g/mol. The van der Waals surface area contributed by atoms with E-state index in [-0.39, 0.29) is 18.0 Å². The maximum absolute atomic E-state index is 13.1. The molecule has 146 valence electrons. The van der Waals surface area contributed by atoms with Gasteiger partial charge in [-0.1, -0.05) is 24.3 Å². The number of allylic oxidation sites excluding steroid dienone is 1. The van der Waals surface area contributed by atoms with Gasteiger partial charge in [-0.05, 0) is 62.3 Å². The largest absolute Gasteiger partial charge is 0.368 e. The molecule has 27 heavy (non-hydrogen) atoms. The molecule has 0 aromatic heterocycles. The number of amides is 1. The van der Waals surface area contributed by atoms with Crippen LogP contribution in [-0.4, -0.2) is 55.2 Å². The molecule has 1 unspecified atom stereocenters. The van der Waals surface area contributed by atoms with Gasteiger partial charge in [-0.15, -0.1) is 0 Å². The number of benzene rings is 1. The highest BCUT2D eigenvalue weighted by molar-refractivity contribution is 7.93. The normalized spacial score (nSPS) is 25.2. The molecule has 1 aliphatic carbocycles. The van der Waals surface area contributed by atoms with E-state index in [1.54, 1.807) is 4.31 Å². The molecular formula is C20H27N3O3S. The Balaban J connectivity index is 1.45. The molecule has 2 fully saturated rings. The number of nitrogens with two attached hydrogens (primary N) is 1. The van der Waals surface area contributed by atoms with E-state index < -0.39 is 10.0 Å². The average molecular weight is 390 g/mol. The standard InChI is InChI=1S/C20H27N3O3S/c21-20(24)19-6-3-11-23(19)17-9-12-22(13-10-17)27(25,26)18-8-7-15-4-1-2-5-16(15)14-18/h1-2,4-5,14,17,19H,3,6-13H2,(H2,21,24). The first-order valence-corrected chi connectivity index (χ1v) is 11.2. The summed E-state index contributed by atoms with van der Waals surface area (Å²) < 4.78 is 27.9. The quantitative estimate of drug-likeness (QED) is 0.850. The second-order valence-corrected chi connectivity index (χ2v) is 9.73. The van der Waals surface area contributed by atoms with Crippen LogP contribution in [0.1, 0.15) is 43.2 Å². The third-order valence-electron chi connectivity index (χ3n) is 6.20. The highest BCUT2D eigenvalue weighted by atomic mass is 32.2. The second-order valence-electron chi connectivity index (χ2n) is 7.74. The molecule has 4 rings (SSSR count). The first-order chi connectivity index (χ1) is 13.0. The van der Waals surface area contributed by atoms with E-state index in [0.717, 1.165) is 44.2 Å². The van der Waals surface area contributed by atoms with E-state index >= 15 is 0 Å². The fraction of sp³-hybridized carbons (Fsp3) is 0.550. The summed E-state index contributed by atoms with van der Waals surface area (Å²) in [5.74, 6) is -0.256. The van der Waals surface area contributed by atoms with Gasteiger partial charge in [0.2, 0.25) is 15.9 Å². The summed E-state index contributed by atoms with van der Waals surface area (Å²) in [5, 5.41) is 0. The minimum Gasteiger partial charge on any atom is -0.368 e. The first-order valence-electron chi connectivity index (χ1n) is 9.80. The summed E-state index contributed by atoms with van der Waals surface area (Å²) in [6, 6.07) is 8.05. The lowest BCUT2D eigenvalue weighted by Crippen LogP contribution is -2.51. The zero-order valence-electron chi connectivity index (χ0n) is 15.5. The van der Waals surface area contributed by atoms with Crippen molar-refractivity contribution >= 4 is 22.0 Å². The first kappa shape index (κ1) is 18.7. The van der Waals surface area contributed by atoms with Gasteiger partial charge in [0.15, 0.2) is 0 Å². The number of aryl methyl sites for hydroxylation is 1. The number of rotatable bonds is 4. The zero-order valence-corrected chi connectivity index (χ0v) is 16.3. The fourth-order valence-corrected chi connectivity index (χ4v) is 6.38. The molecule has 7 heteroatoms. The Hall–Kier alpha value is -1.70. The van der Waals surface area contributed by atoms with Crippen LogP contribution in [0.25, 0.3) is 6.08 Å². The minimum absolute atomic E-state index is 0.185. The molecule has 6 nitrogen and oxygen atoms in total. The fourth-order valence-electron chi connectivity index (χ4n) is 4.72. The molecule has 1 aromatic carbocycles. The Morgan fingerprint density at radius 1 is 1.04 bits per heavy atom. The molecule has 0 bridgehead atoms. The molecule has 1 aromatic rings. The van der Waals surface area contributed by atoms with E-state index in [2.05, 4.69) is 11.0 Å². The number of fused-ring (bicyclic) bond motifs is 1. The molecule has 1 atom stereocenters. The van der Waals surface area contributed by atoms with Crippen molar-refractivity contribution in [3.8, 4) is 0 Å². The summed E-state index contributed by atoms with van der Waals surface area (Å²) in [6.45, 7) is 1.90. The molecule has 2 aliphatic heterocycles. The number of sulfonamides is 1. The van der Waals surface area contributed by atoms with E-state index in [0.29, 0.717) is 24.4 Å². The van der Waals surface area contributed by atoms with Gasteiger partial charge in [0.1, 0.15) is 0 Å². The number of carbonyl (C=O) groups is 1. The number of hydrogen-bond acceptors (Lipinski definition) is 4. The second kappa shape index (κ2) is 7.37. The Bertz CT molecular complexity index is 857. The number of likely N-dealkylation sites (tertiary alicyclic amines) is 1. The lowest BCUT2D eigenvalue weighted by atomic mass is 9.98. The van der Waals surface area contributed by atoms with Crippen LogP contribution in [0.3, 0.4) is 0 Å². The minimum atomic E-state index is -3.42. The van der Waals surface area contributed by atoms with Crippen molar-refractivity contribution in [1.29, 1.82) is 0 Å². The molecule has 1 amide bonds. The van der Waals surface area contributed by atoms with Gasteiger partial charge in [0.25, 0.3) is 0 Å². The van der Waals surface area contributed by atoms with Crippen LogP contribution >= 0.6 is 0 Å². The number of primary amides is 1. The molecule has 2 N–H and O–H groups in total. The summed E-state index contributed by atoms with van der Waals surface area (Å²) in [6.07, 6.45) is 6.49. The maximum Gasteiger partial charge on any atom is 0.239 e. The van der Waals surface area contributed by atoms with Gasteiger partial charge in [-0.3, -0.25) is 9.69 Å². The predicted molar refractivity (Wildman–Crippen MR) is 105 cm³/mol. The Labute approximate surface area is 161 Å². The smallest absolute Gasteiger partial charge is 0.239 e. The average Bonchev–Trinajstić information content (AvgIpc) is 3.18. The van der Waals surface area contributed by atoms with Gasteiger partial charge < -0.3 is 5.73 Å². The van der Waals surface area contributed by atoms with Crippen LogP contribution in [0.5, 0.6) is 0 Å². The molecule has 0 spiro atoms. The lowest BCUT2D eigenvalue weighted by Gasteiger charge is -2.38. The van der Waals surface area contributed by atoms with Gasteiger partial charge in [0, 0.05) is 19.1 Å².